The lowest BCUT2D eigenvalue weighted by molar-refractivity contribution is 1.26. The molecule has 0 aliphatic heterocycles. The van der Waals surface area contributed by atoms with E-state index in [1.54, 1.807) is 24.2 Å². The Hall–Kier alpha value is -1.19. The number of nitrogens with two attached hydrogens (primary N) is 1. The zero-order chi connectivity index (χ0) is 11.4. The molecule has 0 aliphatic carbocycles. The fourth-order valence-corrected chi connectivity index (χ4v) is 2.44. The molecular weight excluding hydrogens is 240 g/mol. The SMILES string of the molecule is Nc1ccc(Cl)c(CSc2ccncc2)c1. The Kier molecular flexibility index (Phi) is 3.70. The summed E-state index contributed by atoms with van der Waals surface area (Å²) >= 11 is 7.80. The maximum Gasteiger partial charge on any atom is 0.0448 e. The molecule has 16 heavy (non-hydrogen) atoms. The molecule has 0 bridgehead atoms. The fourth-order valence-electron chi connectivity index (χ4n) is 1.30. The van der Waals surface area contributed by atoms with Gasteiger partial charge in [0.25, 0.3) is 0 Å². The van der Waals surface area contributed by atoms with Crippen LogP contribution in [0.15, 0.2) is 47.6 Å². The van der Waals surface area contributed by atoms with Crippen LogP contribution in [0.2, 0.25) is 5.02 Å². The number of nitrogens with zero attached hydrogens (tertiary/aromatic N) is 1. The average Bonchev–Trinajstić information content (AvgIpc) is 2.32. The van der Waals surface area contributed by atoms with Gasteiger partial charge in [0.05, 0.1) is 0 Å². The molecule has 0 saturated heterocycles. The first-order chi connectivity index (χ1) is 7.75. The molecule has 2 aromatic rings. The maximum atomic E-state index is 6.08. The van der Waals surface area contributed by atoms with Gasteiger partial charge in [0.15, 0.2) is 0 Å². The van der Waals surface area contributed by atoms with Crippen molar-refractivity contribution in [3.63, 3.8) is 0 Å². The second kappa shape index (κ2) is 5.23. The minimum absolute atomic E-state index is 0.745. The minimum atomic E-state index is 0.745. The Morgan fingerprint density at radius 2 is 1.94 bits per heavy atom. The van der Waals surface area contributed by atoms with Crippen molar-refractivity contribution in [2.75, 3.05) is 5.73 Å². The van der Waals surface area contributed by atoms with E-state index < -0.39 is 0 Å². The van der Waals surface area contributed by atoms with Gasteiger partial charge in [0.2, 0.25) is 0 Å². The van der Waals surface area contributed by atoms with E-state index in [1.807, 2.05) is 30.3 Å². The number of aromatic nitrogens is 1. The summed E-state index contributed by atoms with van der Waals surface area (Å²) in [6.07, 6.45) is 3.56. The van der Waals surface area contributed by atoms with E-state index in [9.17, 15) is 0 Å². The van der Waals surface area contributed by atoms with Crippen LogP contribution in [0.5, 0.6) is 0 Å². The Labute approximate surface area is 104 Å². The van der Waals surface area contributed by atoms with Crippen LogP contribution in [0.1, 0.15) is 5.56 Å². The normalized spacial score (nSPS) is 10.3. The molecule has 1 aromatic carbocycles. The number of rotatable bonds is 3. The van der Waals surface area contributed by atoms with E-state index in [4.69, 9.17) is 17.3 Å². The lowest BCUT2D eigenvalue weighted by atomic mass is 10.2. The lowest BCUT2D eigenvalue weighted by Crippen LogP contribution is -1.88. The first-order valence-corrected chi connectivity index (χ1v) is 6.19. The largest absolute Gasteiger partial charge is 0.399 e. The minimum Gasteiger partial charge on any atom is -0.399 e. The van der Waals surface area contributed by atoms with Gasteiger partial charge in [0, 0.05) is 33.8 Å². The smallest absolute Gasteiger partial charge is 0.0448 e. The molecule has 82 valence electrons. The third kappa shape index (κ3) is 2.90. The molecule has 0 unspecified atom stereocenters. The molecule has 2 N–H and O–H groups in total. The van der Waals surface area contributed by atoms with Crippen LogP contribution in [0.25, 0.3) is 0 Å². The highest BCUT2D eigenvalue weighted by Gasteiger charge is 2.01. The van der Waals surface area contributed by atoms with Crippen molar-refractivity contribution in [3.8, 4) is 0 Å². The quantitative estimate of drug-likeness (QED) is 0.668. The Bertz CT molecular complexity index is 474. The molecule has 0 fully saturated rings. The molecule has 4 heteroatoms. The number of nitrogen functional groups attached to an aromatic ring is 1. The number of anilines is 1. The van der Waals surface area contributed by atoms with Gasteiger partial charge in [-0.05, 0) is 35.9 Å². The van der Waals surface area contributed by atoms with E-state index in [0.717, 1.165) is 22.0 Å². The summed E-state index contributed by atoms with van der Waals surface area (Å²) in [7, 11) is 0. The van der Waals surface area contributed by atoms with Crippen molar-refractivity contribution in [1.82, 2.24) is 4.98 Å². The average molecular weight is 251 g/mol. The standard InChI is InChI=1S/C12H11ClN2S/c13-12-2-1-10(14)7-9(12)8-16-11-3-5-15-6-4-11/h1-7H,8,14H2. The second-order valence-electron chi connectivity index (χ2n) is 3.32. The molecule has 0 spiro atoms. The number of hydrogen-bond acceptors (Lipinski definition) is 3. The van der Waals surface area contributed by atoms with Crippen LogP contribution in [-0.4, -0.2) is 4.98 Å². The van der Waals surface area contributed by atoms with Gasteiger partial charge in [-0.2, -0.15) is 0 Å². The zero-order valence-electron chi connectivity index (χ0n) is 8.56. The monoisotopic (exact) mass is 250 g/mol. The highest BCUT2D eigenvalue weighted by atomic mass is 35.5. The van der Waals surface area contributed by atoms with Gasteiger partial charge in [-0.1, -0.05) is 11.6 Å². The molecule has 2 rings (SSSR count). The number of benzene rings is 1. The van der Waals surface area contributed by atoms with Crippen LogP contribution in [0.4, 0.5) is 5.69 Å². The summed E-state index contributed by atoms with van der Waals surface area (Å²) < 4.78 is 0. The first kappa shape index (κ1) is 11.3. The van der Waals surface area contributed by atoms with Gasteiger partial charge < -0.3 is 5.73 Å². The molecule has 0 aliphatic rings. The number of halogens is 1. The summed E-state index contributed by atoms with van der Waals surface area (Å²) in [5.41, 5.74) is 7.52. The molecule has 1 heterocycles. The third-order valence-corrected chi connectivity index (χ3v) is 3.54. The van der Waals surface area contributed by atoms with Crippen molar-refractivity contribution in [3.05, 3.63) is 53.3 Å². The molecule has 2 nitrogen and oxygen atoms in total. The predicted molar refractivity (Wildman–Crippen MR) is 69.7 cm³/mol. The van der Waals surface area contributed by atoms with Gasteiger partial charge in [-0.15, -0.1) is 11.8 Å². The molecule has 0 saturated carbocycles. The van der Waals surface area contributed by atoms with Gasteiger partial charge in [-0.3, -0.25) is 4.98 Å². The zero-order valence-corrected chi connectivity index (χ0v) is 10.1. The Balaban J connectivity index is 2.08. The van der Waals surface area contributed by atoms with Crippen molar-refractivity contribution in [1.29, 1.82) is 0 Å². The Morgan fingerprint density at radius 3 is 2.69 bits per heavy atom. The van der Waals surface area contributed by atoms with Crippen molar-refractivity contribution < 1.29 is 0 Å². The fraction of sp³-hybridized carbons (Fsp3) is 0.0833. The van der Waals surface area contributed by atoms with E-state index in [2.05, 4.69) is 4.98 Å². The van der Waals surface area contributed by atoms with E-state index in [0.29, 0.717) is 0 Å². The topological polar surface area (TPSA) is 38.9 Å². The van der Waals surface area contributed by atoms with Gasteiger partial charge >= 0.3 is 0 Å². The second-order valence-corrected chi connectivity index (χ2v) is 4.78. The van der Waals surface area contributed by atoms with Gasteiger partial charge in [-0.25, -0.2) is 0 Å². The van der Waals surface area contributed by atoms with Crippen LogP contribution in [0.3, 0.4) is 0 Å². The van der Waals surface area contributed by atoms with Gasteiger partial charge in [0.1, 0.15) is 0 Å². The number of hydrogen-bond donors (Lipinski definition) is 1. The van der Waals surface area contributed by atoms with Crippen molar-refractivity contribution >= 4 is 29.1 Å². The Morgan fingerprint density at radius 1 is 1.19 bits per heavy atom. The molecule has 1 aromatic heterocycles. The first-order valence-electron chi connectivity index (χ1n) is 4.82. The van der Waals surface area contributed by atoms with E-state index >= 15 is 0 Å². The highest BCUT2D eigenvalue weighted by Crippen LogP contribution is 2.27. The van der Waals surface area contributed by atoms with Crippen molar-refractivity contribution in [2.45, 2.75) is 10.6 Å². The maximum absolute atomic E-state index is 6.08. The van der Waals surface area contributed by atoms with E-state index in [-0.39, 0.29) is 0 Å². The summed E-state index contributed by atoms with van der Waals surface area (Å²) in [6.45, 7) is 0. The number of thioether (sulfide) groups is 1. The summed E-state index contributed by atoms with van der Waals surface area (Å²) in [6, 6.07) is 9.51. The summed E-state index contributed by atoms with van der Waals surface area (Å²) in [5.74, 6) is 0.813. The molecule has 0 atom stereocenters. The molecule has 0 amide bonds. The summed E-state index contributed by atoms with van der Waals surface area (Å²) in [5, 5.41) is 0.760. The van der Waals surface area contributed by atoms with Crippen LogP contribution < -0.4 is 5.73 Å². The lowest BCUT2D eigenvalue weighted by Gasteiger charge is -2.05. The van der Waals surface area contributed by atoms with Crippen LogP contribution in [0, 0.1) is 0 Å². The summed E-state index contributed by atoms with van der Waals surface area (Å²) in [4.78, 5) is 5.15. The van der Waals surface area contributed by atoms with Crippen molar-refractivity contribution in [2.24, 2.45) is 0 Å². The van der Waals surface area contributed by atoms with E-state index in [1.165, 1.54) is 4.90 Å². The molecule has 0 radical (unpaired) electrons. The molecular formula is C12H11ClN2S. The highest BCUT2D eigenvalue weighted by molar-refractivity contribution is 7.98. The third-order valence-electron chi connectivity index (χ3n) is 2.11. The van der Waals surface area contributed by atoms with Crippen LogP contribution >= 0.6 is 23.4 Å². The van der Waals surface area contributed by atoms with Crippen LogP contribution in [-0.2, 0) is 5.75 Å². The number of pyridine rings is 1. The predicted octanol–water partition coefficient (Wildman–Crippen LogP) is 3.61.